The van der Waals surface area contributed by atoms with Gasteiger partial charge in [0, 0.05) is 23.2 Å². The molecule has 3 rings (SSSR count). The molecule has 0 unspecified atom stereocenters. The lowest BCUT2D eigenvalue weighted by molar-refractivity contribution is -0.137. The molecule has 1 saturated carbocycles. The van der Waals surface area contributed by atoms with Gasteiger partial charge in [-0.3, -0.25) is 4.79 Å². The first-order valence-electron chi connectivity index (χ1n) is 9.00. The van der Waals surface area contributed by atoms with Crippen LogP contribution in [0.3, 0.4) is 0 Å². The number of benzene rings is 1. The van der Waals surface area contributed by atoms with Crippen molar-refractivity contribution in [3.63, 3.8) is 0 Å². The average Bonchev–Trinajstić information content (AvgIpc) is 2.69. The molecule has 1 amide bonds. The molecule has 0 spiro atoms. The number of carbonyl (C=O) groups is 1. The zero-order chi connectivity index (χ0) is 20.1. The summed E-state index contributed by atoms with van der Waals surface area (Å²) in [6, 6.07) is 9.75. The number of aromatic nitrogens is 1. The summed E-state index contributed by atoms with van der Waals surface area (Å²) >= 11 is 1.53. The first-order valence-corrected chi connectivity index (χ1v) is 10.2. The van der Waals surface area contributed by atoms with Gasteiger partial charge in [0.1, 0.15) is 6.10 Å². The van der Waals surface area contributed by atoms with Gasteiger partial charge in [-0.2, -0.15) is 13.2 Å². The van der Waals surface area contributed by atoms with E-state index in [-0.39, 0.29) is 23.9 Å². The van der Waals surface area contributed by atoms with Gasteiger partial charge in [0.25, 0.3) is 5.91 Å². The fourth-order valence-electron chi connectivity index (χ4n) is 3.21. The fourth-order valence-corrected chi connectivity index (χ4v) is 3.80. The normalized spacial score (nSPS) is 19.9. The summed E-state index contributed by atoms with van der Waals surface area (Å²) in [5.74, 6) is 0.105. The van der Waals surface area contributed by atoms with Crippen molar-refractivity contribution < 1.29 is 22.7 Å². The molecule has 28 heavy (non-hydrogen) atoms. The number of pyridine rings is 1. The van der Waals surface area contributed by atoms with Crippen LogP contribution in [-0.2, 0) is 6.18 Å². The van der Waals surface area contributed by atoms with Crippen molar-refractivity contribution >= 4 is 17.7 Å². The van der Waals surface area contributed by atoms with Gasteiger partial charge in [0.05, 0.1) is 11.1 Å². The fraction of sp³-hybridized carbons (Fsp3) is 0.400. The average molecular weight is 410 g/mol. The largest absolute Gasteiger partial charge is 0.474 e. The van der Waals surface area contributed by atoms with Gasteiger partial charge in [0.15, 0.2) is 0 Å². The van der Waals surface area contributed by atoms with Crippen LogP contribution in [0.2, 0.25) is 0 Å². The van der Waals surface area contributed by atoms with Crippen LogP contribution in [-0.4, -0.2) is 29.3 Å². The number of halogens is 3. The van der Waals surface area contributed by atoms with E-state index < -0.39 is 11.7 Å². The van der Waals surface area contributed by atoms with Crippen molar-refractivity contribution in [1.29, 1.82) is 0 Å². The molecule has 0 saturated heterocycles. The molecule has 0 radical (unpaired) electrons. The molecular formula is C20H21F3N2O2S. The third kappa shape index (κ3) is 5.19. The number of hydrogen-bond donors (Lipinski definition) is 1. The second-order valence-electron chi connectivity index (χ2n) is 6.65. The van der Waals surface area contributed by atoms with E-state index in [1.807, 2.05) is 30.5 Å². The van der Waals surface area contributed by atoms with E-state index in [0.717, 1.165) is 30.0 Å². The number of hydrogen-bond acceptors (Lipinski definition) is 4. The Morgan fingerprint density at radius 1 is 1.14 bits per heavy atom. The van der Waals surface area contributed by atoms with Crippen LogP contribution in [0.4, 0.5) is 13.2 Å². The molecule has 1 heterocycles. The Kier molecular flexibility index (Phi) is 6.49. The highest BCUT2D eigenvalue weighted by atomic mass is 32.2. The molecule has 0 bridgehead atoms. The number of nitrogens with zero attached hydrogens (tertiary/aromatic N) is 1. The van der Waals surface area contributed by atoms with Crippen LogP contribution in [0.25, 0.3) is 0 Å². The predicted octanol–water partition coefficient (Wildman–Crippen LogP) is 4.94. The van der Waals surface area contributed by atoms with Crippen molar-refractivity contribution in [2.45, 2.75) is 48.9 Å². The van der Waals surface area contributed by atoms with Crippen LogP contribution in [0, 0.1) is 0 Å². The van der Waals surface area contributed by atoms with E-state index in [1.54, 1.807) is 0 Å². The zero-order valence-corrected chi connectivity index (χ0v) is 16.1. The van der Waals surface area contributed by atoms with Crippen molar-refractivity contribution in [2.24, 2.45) is 0 Å². The summed E-state index contributed by atoms with van der Waals surface area (Å²) in [6.07, 6.45) is 1.10. The SMILES string of the molecule is CSc1ccccc1C(=O)NC1CCC(Oc2ccc(C(F)(F)F)cn2)CC1. The molecular weight excluding hydrogens is 389 g/mol. The first-order chi connectivity index (χ1) is 13.4. The quantitative estimate of drug-likeness (QED) is 0.710. The lowest BCUT2D eigenvalue weighted by atomic mass is 9.92. The molecule has 1 fully saturated rings. The summed E-state index contributed by atoms with van der Waals surface area (Å²) in [5.41, 5.74) is -0.126. The molecule has 1 aliphatic carbocycles. The van der Waals surface area contributed by atoms with Crippen LogP contribution in [0.15, 0.2) is 47.5 Å². The lowest BCUT2D eigenvalue weighted by Gasteiger charge is -2.29. The molecule has 1 aromatic heterocycles. The molecule has 8 heteroatoms. The molecule has 1 N–H and O–H groups in total. The summed E-state index contributed by atoms with van der Waals surface area (Å²) in [5, 5.41) is 3.07. The summed E-state index contributed by atoms with van der Waals surface area (Å²) in [6.45, 7) is 0. The predicted molar refractivity (Wildman–Crippen MR) is 102 cm³/mol. The van der Waals surface area contributed by atoms with E-state index in [1.165, 1.54) is 17.8 Å². The second-order valence-corrected chi connectivity index (χ2v) is 7.50. The highest BCUT2D eigenvalue weighted by molar-refractivity contribution is 7.98. The molecule has 0 aliphatic heterocycles. The third-order valence-corrected chi connectivity index (χ3v) is 5.51. The van der Waals surface area contributed by atoms with Crippen LogP contribution >= 0.6 is 11.8 Å². The first kappa shape index (κ1) is 20.5. The highest BCUT2D eigenvalue weighted by Crippen LogP contribution is 2.30. The summed E-state index contributed by atoms with van der Waals surface area (Å²) in [7, 11) is 0. The van der Waals surface area contributed by atoms with Crippen LogP contribution < -0.4 is 10.1 Å². The minimum Gasteiger partial charge on any atom is -0.474 e. The van der Waals surface area contributed by atoms with Crippen molar-refractivity contribution in [3.05, 3.63) is 53.7 Å². The van der Waals surface area contributed by atoms with Gasteiger partial charge >= 0.3 is 6.18 Å². The van der Waals surface area contributed by atoms with Gasteiger partial charge in [-0.1, -0.05) is 12.1 Å². The lowest BCUT2D eigenvalue weighted by Crippen LogP contribution is -2.39. The Hall–Kier alpha value is -2.22. The number of nitrogens with one attached hydrogen (secondary N) is 1. The van der Waals surface area contributed by atoms with Gasteiger partial charge in [-0.25, -0.2) is 4.98 Å². The van der Waals surface area contributed by atoms with E-state index in [0.29, 0.717) is 18.4 Å². The Balaban J connectivity index is 1.50. The zero-order valence-electron chi connectivity index (χ0n) is 15.3. The van der Waals surface area contributed by atoms with Gasteiger partial charge in [-0.05, 0) is 50.1 Å². The topological polar surface area (TPSA) is 51.2 Å². The smallest absolute Gasteiger partial charge is 0.417 e. The third-order valence-electron chi connectivity index (χ3n) is 4.71. The van der Waals surface area contributed by atoms with Crippen molar-refractivity contribution in [3.8, 4) is 5.88 Å². The Labute approximate surface area is 165 Å². The van der Waals surface area contributed by atoms with E-state index in [4.69, 9.17) is 4.74 Å². The molecule has 4 nitrogen and oxygen atoms in total. The molecule has 1 aliphatic rings. The molecule has 2 aromatic rings. The number of alkyl halides is 3. The van der Waals surface area contributed by atoms with Crippen molar-refractivity contribution in [1.82, 2.24) is 10.3 Å². The second kappa shape index (κ2) is 8.86. The Bertz CT molecular complexity index is 804. The summed E-state index contributed by atoms with van der Waals surface area (Å²) < 4.78 is 43.4. The summed E-state index contributed by atoms with van der Waals surface area (Å²) in [4.78, 5) is 17.2. The van der Waals surface area contributed by atoms with Gasteiger partial charge in [-0.15, -0.1) is 11.8 Å². The Morgan fingerprint density at radius 2 is 1.86 bits per heavy atom. The minimum absolute atomic E-state index is 0.0582. The van der Waals surface area contributed by atoms with E-state index in [2.05, 4.69) is 10.3 Å². The molecule has 150 valence electrons. The minimum atomic E-state index is -4.41. The van der Waals surface area contributed by atoms with E-state index in [9.17, 15) is 18.0 Å². The van der Waals surface area contributed by atoms with Crippen LogP contribution in [0.5, 0.6) is 5.88 Å². The number of thioether (sulfide) groups is 1. The maximum Gasteiger partial charge on any atom is 0.417 e. The van der Waals surface area contributed by atoms with Crippen LogP contribution in [0.1, 0.15) is 41.6 Å². The number of rotatable bonds is 5. The molecule has 1 aromatic carbocycles. The van der Waals surface area contributed by atoms with Gasteiger partial charge < -0.3 is 10.1 Å². The van der Waals surface area contributed by atoms with E-state index >= 15 is 0 Å². The Morgan fingerprint density at radius 3 is 2.46 bits per heavy atom. The molecule has 0 atom stereocenters. The highest BCUT2D eigenvalue weighted by Gasteiger charge is 2.31. The number of carbonyl (C=O) groups excluding carboxylic acids is 1. The number of amides is 1. The van der Waals surface area contributed by atoms with Crippen molar-refractivity contribution in [2.75, 3.05) is 6.26 Å². The maximum absolute atomic E-state index is 12.6. The standard InChI is InChI=1S/C20H21F3N2O2S/c1-28-17-5-3-2-4-16(17)19(26)25-14-7-9-15(10-8-14)27-18-11-6-13(12-24-18)20(21,22)23/h2-6,11-12,14-15H,7-10H2,1H3,(H,25,26). The van der Waals surface area contributed by atoms with Gasteiger partial charge in [0.2, 0.25) is 5.88 Å². The monoisotopic (exact) mass is 410 g/mol. The maximum atomic E-state index is 12.6. The number of ether oxygens (including phenoxy) is 1.